The Morgan fingerprint density at radius 2 is 2.16 bits per heavy atom. The second kappa shape index (κ2) is 5.97. The van der Waals surface area contributed by atoms with Gasteiger partial charge in [0.15, 0.2) is 5.78 Å². The quantitative estimate of drug-likeness (QED) is 0.719. The Balaban J connectivity index is 1.62. The maximum Gasteiger partial charge on any atom is 0.157 e. The van der Waals surface area contributed by atoms with Crippen molar-refractivity contribution in [2.75, 3.05) is 20.2 Å². The molecule has 0 aromatic rings. The lowest BCUT2D eigenvalue weighted by atomic mass is 9.50. The SMILES string of the molecule is C=CCO[C@H]1C[C@H]2[C@@H]3CN(C)C4=CC(=O)CC[C@]4(C)[C@H]3CC[C@]2(C)C1. The van der Waals surface area contributed by atoms with Crippen molar-refractivity contribution in [1.82, 2.24) is 4.90 Å². The molecule has 3 nitrogen and oxygen atoms in total. The summed E-state index contributed by atoms with van der Waals surface area (Å²) in [5, 5.41) is 0. The van der Waals surface area contributed by atoms with E-state index in [0.717, 1.165) is 37.1 Å². The Morgan fingerprint density at radius 1 is 1.36 bits per heavy atom. The molecule has 3 aliphatic carbocycles. The van der Waals surface area contributed by atoms with E-state index in [-0.39, 0.29) is 5.41 Å². The van der Waals surface area contributed by atoms with Crippen LogP contribution in [0, 0.1) is 28.6 Å². The van der Waals surface area contributed by atoms with E-state index >= 15 is 0 Å². The number of likely N-dealkylation sites (tertiary alicyclic amines) is 1. The number of rotatable bonds is 3. The van der Waals surface area contributed by atoms with Gasteiger partial charge in [0.05, 0.1) is 12.7 Å². The monoisotopic (exact) mass is 343 g/mol. The van der Waals surface area contributed by atoms with Crippen molar-refractivity contribution in [2.45, 2.75) is 58.5 Å². The molecule has 0 spiro atoms. The fraction of sp³-hybridized carbons (Fsp3) is 0.773. The van der Waals surface area contributed by atoms with Gasteiger partial charge in [0.2, 0.25) is 0 Å². The van der Waals surface area contributed by atoms with Crippen molar-refractivity contribution in [1.29, 1.82) is 0 Å². The summed E-state index contributed by atoms with van der Waals surface area (Å²) in [5.41, 5.74) is 1.93. The van der Waals surface area contributed by atoms with Crippen molar-refractivity contribution in [3.8, 4) is 0 Å². The number of fused-ring (bicyclic) bond motifs is 5. The van der Waals surface area contributed by atoms with Gasteiger partial charge in [0, 0.05) is 37.2 Å². The second-order valence-corrected chi connectivity index (χ2v) is 9.55. The van der Waals surface area contributed by atoms with Crippen molar-refractivity contribution in [2.24, 2.45) is 28.6 Å². The van der Waals surface area contributed by atoms with Gasteiger partial charge in [-0.15, -0.1) is 6.58 Å². The van der Waals surface area contributed by atoms with Crippen LogP contribution in [0.3, 0.4) is 0 Å². The number of carbonyl (C=O) groups is 1. The first kappa shape index (κ1) is 17.3. The van der Waals surface area contributed by atoms with Crippen LogP contribution >= 0.6 is 0 Å². The molecule has 3 fully saturated rings. The van der Waals surface area contributed by atoms with E-state index in [1.165, 1.54) is 31.4 Å². The van der Waals surface area contributed by atoms with Gasteiger partial charge in [0.1, 0.15) is 0 Å². The average Bonchev–Trinajstić information content (AvgIpc) is 2.91. The zero-order valence-corrected chi connectivity index (χ0v) is 16.1. The maximum atomic E-state index is 12.0. The summed E-state index contributed by atoms with van der Waals surface area (Å²) in [4.78, 5) is 14.4. The lowest BCUT2D eigenvalue weighted by molar-refractivity contribution is -0.118. The lowest BCUT2D eigenvalue weighted by Gasteiger charge is -2.59. The van der Waals surface area contributed by atoms with Crippen molar-refractivity contribution < 1.29 is 9.53 Å². The van der Waals surface area contributed by atoms with Crippen LogP contribution in [0.25, 0.3) is 0 Å². The largest absolute Gasteiger partial charge is 0.377 e. The first-order valence-electron chi connectivity index (χ1n) is 10.1. The molecular weight excluding hydrogens is 310 g/mol. The highest BCUT2D eigenvalue weighted by Crippen LogP contribution is 2.64. The molecule has 25 heavy (non-hydrogen) atoms. The topological polar surface area (TPSA) is 29.5 Å². The Morgan fingerprint density at radius 3 is 2.92 bits per heavy atom. The molecule has 0 bridgehead atoms. The summed E-state index contributed by atoms with van der Waals surface area (Å²) >= 11 is 0. The lowest BCUT2D eigenvalue weighted by Crippen LogP contribution is -2.56. The number of allylic oxidation sites excluding steroid dienone is 2. The number of nitrogens with zero attached hydrogens (tertiary/aromatic N) is 1. The Labute approximate surface area is 152 Å². The van der Waals surface area contributed by atoms with E-state index in [1.807, 2.05) is 12.2 Å². The standard InChI is InChI=1S/C22H33NO2/c1-5-10-25-16-12-19-17-14-23(4)20-11-15(24)6-9-22(20,3)18(17)7-8-21(19,2)13-16/h5,11,16-19H,1,6-10,12-14H2,2-4H3/t16-,17+,18-,19-,21+,22+/m0/s1. The van der Waals surface area contributed by atoms with Crippen molar-refractivity contribution in [3.63, 3.8) is 0 Å². The van der Waals surface area contributed by atoms with Gasteiger partial charge in [-0.05, 0) is 55.3 Å². The van der Waals surface area contributed by atoms with E-state index in [4.69, 9.17) is 4.74 Å². The predicted molar refractivity (Wildman–Crippen MR) is 100 cm³/mol. The first-order valence-corrected chi connectivity index (χ1v) is 10.1. The Kier molecular flexibility index (Phi) is 4.14. The fourth-order valence-electron chi connectivity index (χ4n) is 6.89. The summed E-state index contributed by atoms with van der Waals surface area (Å²) in [5.74, 6) is 2.52. The predicted octanol–water partition coefficient (Wildman–Crippen LogP) is 4.20. The van der Waals surface area contributed by atoms with Crippen LogP contribution < -0.4 is 0 Å². The van der Waals surface area contributed by atoms with Crippen LogP contribution in [0.15, 0.2) is 24.4 Å². The highest BCUT2D eigenvalue weighted by Gasteiger charge is 2.59. The molecule has 0 unspecified atom stereocenters. The summed E-state index contributed by atoms with van der Waals surface area (Å²) in [7, 11) is 2.20. The number of piperidine rings is 1. The van der Waals surface area contributed by atoms with Gasteiger partial charge in [-0.25, -0.2) is 0 Å². The molecule has 1 heterocycles. The molecule has 6 atom stereocenters. The molecular formula is C22H33NO2. The minimum absolute atomic E-state index is 0.187. The van der Waals surface area contributed by atoms with E-state index < -0.39 is 0 Å². The first-order chi connectivity index (χ1) is 11.9. The Bertz CT molecular complexity index is 611. The van der Waals surface area contributed by atoms with Gasteiger partial charge < -0.3 is 9.64 Å². The number of ketones is 1. The fourth-order valence-corrected chi connectivity index (χ4v) is 6.89. The van der Waals surface area contributed by atoms with Crippen molar-refractivity contribution in [3.05, 3.63) is 24.4 Å². The van der Waals surface area contributed by atoms with Crippen LogP contribution in [-0.2, 0) is 9.53 Å². The van der Waals surface area contributed by atoms with Crippen LogP contribution in [0.4, 0.5) is 0 Å². The van der Waals surface area contributed by atoms with Gasteiger partial charge >= 0.3 is 0 Å². The van der Waals surface area contributed by atoms with E-state index in [9.17, 15) is 4.79 Å². The molecule has 0 aromatic carbocycles. The zero-order valence-electron chi connectivity index (χ0n) is 16.1. The maximum absolute atomic E-state index is 12.0. The molecule has 3 heteroatoms. The average molecular weight is 344 g/mol. The molecule has 0 radical (unpaired) electrons. The number of carbonyl (C=O) groups excluding carboxylic acids is 1. The van der Waals surface area contributed by atoms with Crippen LogP contribution in [0.2, 0.25) is 0 Å². The minimum Gasteiger partial charge on any atom is -0.377 e. The van der Waals surface area contributed by atoms with Gasteiger partial charge in [-0.1, -0.05) is 19.9 Å². The third kappa shape index (κ3) is 2.61. The number of hydrogen-bond donors (Lipinski definition) is 0. The minimum atomic E-state index is 0.187. The summed E-state index contributed by atoms with van der Waals surface area (Å²) < 4.78 is 6.07. The molecule has 4 aliphatic rings. The third-order valence-corrected chi connectivity index (χ3v) is 8.10. The summed E-state index contributed by atoms with van der Waals surface area (Å²) in [6.07, 6.45) is 11.0. The molecule has 138 valence electrons. The molecule has 1 aliphatic heterocycles. The smallest absolute Gasteiger partial charge is 0.157 e. The number of ether oxygens (including phenoxy) is 1. The molecule has 0 aromatic heterocycles. The van der Waals surface area contributed by atoms with E-state index in [1.54, 1.807) is 0 Å². The van der Waals surface area contributed by atoms with E-state index in [0.29, 0.717) is 23.9 Å². The zero-order chi connectivity index (χ0) is 17.8. The van der Waals surface area contributed by atoms with Crippen molar-refractivity contribution >= 4 is 5.78 Å². The van der Waals surface area contributed by atoms with E-state index in [2.05, 4.69) is 32.4 Å². The second-order valence-electron chi connectivity index (χ2n) is 9.55. The Hall–Kier alpha value is -1.09. The number of hydrogen-bond acceptors (Lipinski definition) is 3. The van der Waals surface area contributed by atoms with Crippen LogP contribution in [0.1, 0.15) is 52.4 Å². The molecule has 0 N–H and O–H groups in total. The molecule has 1 saturated heterocycles. The van der Waals surface area contributed by atoms with Crippen LogP contribution in [0.5, 0.6) is 0 Å². The molecule has 0 amide bonds. The highest BCUT2D eigenvalue weighted by atomic mass is 16.5. The van der Waals surface area contributed by atoms with Gasteiger partial charge in [-0.2, -0.15) is 0 Å². The summed E-state index contributed by atoms with van der Waals surface area (Å²) in [6, 6.07) is 0. The highest BCUT2D eigenvalue weighted by molar-refractivity contribution is 5.91. The van der Waals surface area contributed by atoms with Crippen LogP contribution in [-0.4, -0.2) is 37.0 Å². The summed E-state index contributed by atoms with van der Waals surface area (Å²) in [6.45, 7) is 10.5. The third-order valence-electron chi connectivity index (χ3n) is 8.10. The van der Waals surface area contributed by atoms with Gasteiger partial charge in [0.25, 0.3) is 0 Å². The van der Waals surface area contributed by atoms with Gasteiger partial charge in [-0.3, -0.25) is 4.79 Å². The molecule has 2 saturated carbocycles. The molecule has 4 rings (SSSR count). The normalized spacial score (nSPS) is 46.1.